The van der Waals surface area contributed by atoms with Crippen molar-refractivity contribution in [2.24, 2.45) is 0 Å². The van der Waals surface area contributed by atoms with E-state index in [1.54, 1.807) is 54.7 Å². The molecule has 158 valence electrons. The van der Waals surface area contributed by atoms with Gasteiger partial charge in [-0.3, -0.25) is 9.97 Å². The van der Waals surface area contributed by atoms with Crippen molar-refractivity contribution in [3.05, 3.63) is 84.6 Å². The predicted molar refractivity (Wildman–Crippen MR) is 115 cm³/mol. The van der Waals surface area contributed by atoms with Gasteiger partial charge in [-0.15, -0.1) is 0 Å². The van der Waals surface area contributed by atoms with E-state index in [1.807, 2.05) is 0 Å². The van der Waals surface area contributed by atoms with Gasteiger partial charge in [0, 0.05) is 29.5 Å². The fourth-order valence-corrected chi connectivity index (χ4v) is 3.69. The van der Waals surface area contributed by atoms with Crippen molar-refractivity contribution in [2.45, 2.75) is 12.1 Å². The lowest BCUT2D eigenvalue weighted by molar-refractivity contribution is -0.142. The maximum Gasteiger partial charge on any atom is 0.402 e. The summed E-state index contributed by atoms with van der Waals surface area (Å²) < 4.78 is 43.6. The second-order valence-electron chi connectivity index (χ2n) is 7.17. The third-order valence-corrected chi connectivity index (χ3v) is 5.08. The first-order valence-corrected chi connectivity index (χ1v) is 9.67. The predicted octanol–water partition coefficient (Wildman–Crippen LogP) is 4.91. The molecular formula is C23H15F3N6. The highest BCUT2D eigenvalue weighted by molar-refractivity contribution is 5.85. The Labute approximate surface area is 180 Å². The summed E-state index contributed by atoms with van der Waals surface area (Å²) in [6.07, 6.45) is -0.195. The number of halogens is 3. The molecule has 2 N–H and O–H groups in total. The molecule has 5 aromatic rings. The van der Waals surface area contributed by atoms with Gasteiger partial charge < -0.3 is 5.73 Å². The lowest BCUT2D eigenvalue weighted by Crippen LogP contribution is -2.25. The zero-order valence-corrected chi connectivity index (χ0v) is 16.5. The van der Waals surface area contributed by atoms with E-state index in [2.05, 4.69) is 24.9 Å². The van der Waals surface area contributed by atoms with Gasteiger partial charge in [-0.05, 0) is 42.0 Å². The van der Waals surface area contributed by atoms with Gasteiger partial charge >= 0.3 is 6.18 Å². The second-order valence-corrected chi connectivity index (χ2v) is 7.17. The zero-order chi connectivity index (χ0) is 22.3. The normalized spacial score (nSPS) is 12.8. The first-order valence-electron chi connectivity index (χ1n) is 9.67. The standard InChI is InChI=1S/C23H15F3N6/c24-23(25,26)18(22-31-17-8-4-10-29-20(17)21(27)32-22)15-11-13-5-1-2-7-16(13)30-19(15)14-6-3-9-28-12-14/h1-12,18H,(H2,27,31,32)/t18-/m1/s1. The van der Waals surface area contributed by atoms with Crippen LogP contribution in [0.4, 0.5) is 19.0 Å². The minimum Gasteiger partial charge on any atom is -0.382 e. The third kappa shape index (κ3) is 3.47. The molecule has 0 unspecified atom stereocenters. The second kappa shape index (κ2) is 7.52. The summed E-state index contributed by atoms with van der Waals surface area (Å²) >= 11 is 0. The van der Waals surface area contributed by atoms with Gasteiger partial charge in [0.2, 0.25) is 0 Å². The third-order valence-electron chi connectivity index (χ3n) is 5.08. The van der Waals surface area contributed by atoms with E-state index >= 15 is 0 Å². The molecule has 9 heteroatoms. The summed E-state index contributed by atoms with van der Waals surface area (Å²) in [4.78, 5) is 20.8. The summed E-state index contributed by atoms with van der Waals surface area (Å²) in [6.45, 7) is 0. The summed E-state index contributed by atoms with van der Waals surface area (Å²) in [5, 5.41) is 0.569. The van der Waals surface area contributed by atoms with Crippen molar-refractivity contribution < 1.29 is 13.2 Å². The number of nitrogens with two attached hydrogens (primary N) is 1. The first kappa shape index (κ1) is 19.8. The SMILES string of the molecule is Nc1nc([C@@H](c2cc3ccccc3nc2-c2cccnc2)C(F)(F)F)nc2cccnc12. The Bertz CT molecular complexity index is 1440. The number of aromatic nitrogens is 5. The van der Waals surface area contributed by atoms with E-state index in [1.165, 1.54) is 18.5 Å². The van der Waals surface area contributed by atoms with Crippen LogP contribution in [0.2, 0.25) is 0 Å². The fourth-order valence-electron chi connectivity index (χ4n) is 3.69. The van der Waals surface area contributed by atoms with E-state index in [9.17, 15) is 13.2 Å². The van der Waals surface area contributed by atoms with Crippen LogP contribution < -0.4 is 5.73 Å². The molecule has 5 rings (SSSR count). The number of para-hydroxylation sites is 1. The topological polar surface area (TPSA) is 90.5 Å². The number of nitrogens with zero attached hydrogens (tertiary/aromatic N) is 5. The van der Waals surface area contributed by atoms with Crippen LogP contribution in [0.15, 0.2) is 73.2 Å². The minimum atomic E-state index is -4.70. The van der Waals surface area contributed by atoms with Gasteiger partial charge in [0.25, 0.3) is 0 Å². The maximum atomic E-state index is 14.5. The van der Waals surface area contributed by atoms with Gasteiger partial charge in [-0.2, -0.15) is 13.2 Å². The number of anilines is 1. The minimum absolute atomic E-state index is 0.0770. The highest BCUT2D eigenvalue weighted by atomic mass is 19.4. The van der Waals surface area contributed by atoms with Crippen molar-refractivity contribution in [3.8, 4) is 11.3 Å². The molecule has 6 nitrogen and oxygen atoms in total. The number of nitrogen functional groups attached to an aromatic ring is 1. The summed E-state index contributed by atoms with van der Waals surface area (Å²) in [6, 6.07) is 14.9. The van der Waals surface area contributed by atoms with Crippen LogP contribution in [0.3, 0.4) is 0 Å². The number of hydrogen-bond acceptors (Lipinski definition) is 6. The number of rotatable bonds is 3. The van der Waals surface area contributed by atoms with E-state index in [0.717, 1.165) is 0 Å². The smallest absolute Gasteiger partial charge is 0.382 e. The Morgan fingerprint density at radius 1 is 0.844 bits per heavy atom. The summed E-state index contributed by atoms with van der Waals surface area (Å²) in [5.41, 5.74) is 7.55. The van der Waals surface area contributed by atoms with Crippen molar-refractivity contribution in [1.29, 1.82) is 0 Å². The lowest BCUT2D eigenvalue weighted by Gasteiger charge is -2.23. The molecule has 1 aromatic carbocycles. The molecule has 4 aromatic heterocycles. The molecule has 0 fully saturated rings. The van der Waals surface area contributed by atoms with Crippen LogP contribution in [0.5, 0.6) is 0 Å². The molecule has 1 atom stereocenters. The van der Waals surface area contributed by atoms with Crippen molar-refractivity contribution >= 4 is 27.8 Å². The number of benzene rings is 1. The van der Waals surface area contributed by atoms with Gasteiger partial charge in [-0.25, -0.2) is 15.0 Å². The molecule has 0 spiro atoms. The average Bonchev–Trinajstić information content (AvgIpc) is 2.78. The van der Waals surface area contributed by atoms with Gasteiger partial charge in [0.1, 0.15) is 17.3 Å². The summed E-state index contributed by atoms with van der Waals surface area (Å²) in [5.74, 6) is -2.73. The highest BCUT2D eigenvalue weighted by Gasteiger charge is 2.46. The first-order chi connectivity index (χ1) is 15.4. The number of alkyl halides is 3. The molecule has 0 saturated carbocycles. The molecule has 0 amide bonds. The Kier molecular flexibility index (Phi) is 4.66. The number of fused-ring (bicyclic) bond motifs is 2. The van der Waals surface area contributed by atoms with E-state index in [4.69, 9.17) is 5.73 Å². The number of pyridine rings is 3. The van der Waals surface area contributed by atoms with Crippen LogP contribution in [-0.2, 0) is 0 Å². The molecular weight excluding hydrogens is 417 g/mol. The Morgan fingerprint density at radius 2 is 1.62 bits per heavy atom. The van der Waals surface area contributed by atoms with Gasteiger partial charge in [0.05, 0.1) is 16.7 Å². The van der Waals surface area contributed by atoms with Crippen molar-refractivity contribution in [3.63, 3.8) is 0 Å². The van der Waals surface area contributed by atoms with Crippen LogP contribution >= 0.6 is 0 Å². The molecule has 0 aliphatic heterocycles. The van der Waals surface area contributed by atoms with Crippen molar-refractivity contribution in [2.75, 3.05) is 5.73 Å². The number of hydrogen-bond donors (Lipinski definition) is 1. The van der Waals surface area contributed by atoms with Crippen LogP contribution in [0, 0.1) is 0 Å². The fraction of sp³-hybridized carbons (Fsp3) is 0.0870. The average molecular weight is 432 g/mol. The maximum absolute atomic E-state index is 14.5. The van der Waals surface area contributed by atoms with E-state index < -0.39 is 17.9 Å². The molecule has 32 heavy (non-hydrogen) atoms. The monoisotopic (exact) mass is 432 g/mol. The zero-order valence-electron chi connectivity index (χ0n) is 16.5. The van der Waals surface area contributed by atoms with E-state index in [-0.39, 0.29) is 28.1 Å². The van der Waals surface area contributed by atoms with E-state index in [0.29, 0.717) is 16.5 Å². The van der Waals surface area contributed by atoms with Gasteiger partial charge in [0.15, 0.2) is 5.82 Å². The quantitative estimate of drug-likeness (QED) is 0.436. The van der Waals surface area contributed by atoms with Crippen LogP contribution in [-0.4, -0.2) is 31.1 Å². The highest BCUT2D eigenvalue weighted by Crippen LogP contribution is 2.43. The largest absolute Gasteiger partial charge is 0.402 e. The van der Waals surface area contributed by atoms with Crippen LogP contribution in [0.1, 0.15) is 17.3 Å². The van der Waals surface area contributed by atoms with Crippen LogP contribution in [0.25, 0.3) is 33.2 Å². The lowest BCUT2D eigenvalue weighted by atomic mass is 9.91. The van der Waals surface area contributed by atoms with Gasteiger partial charge in [-0.1, -0.05) is 18.2 Å². The molecule has 0 aliphatic carbocycles. The Hall–Kier alpha value is -4.14. The molecule has 4 heterocycles. The Morgan fingerprint density at radius 3 is 2.41 bits per heavy atom. The molecule has 0 radical (unpaired) electrons. The molecule has 0 saturated heterocycles. The van der Waals surface area contributed by atoms with Crippen molar-refractivity contribution in [1.82, 2.24) is 24.9 Å². The summed E-state index contributed by atoms with van der Waals surface area (Å²) in [7, 11) is 0. The Balaban J connectivity index is 1.82. The molecule has 0 aliphatic rings. The molecule has 0 bridgehead atoms.